The molecule has 0 aliphatic carbocycles. The lowest BCUT2D eigenvalue weighted by molar-refractivity contribution is -0.118. The van der Waals surface area contributed by atoms with Crippen molar-refractivity contribution in [1.82, 2.24) is 5.43 Å². The molecule has 0 spiro atoms. The van der Waals surface area contributed by atoms with Gasteiger partial charge >= 0.3 is 0 Å². The summed E-state index contributed by atoms with van der Waals surface area (Å²) in [6, 6.07) is 0. The predicted molar refractivity (Wildman–Crippen MR) is 83.4 cm³/mol. The van der Waals surface area contributed by atoms with Gasteiger partial charge < -0.3 is 17.0 Å². The number of carbonyl (C=O) groups is 1. The predicted octanol–water partition coefficient (Wildman–Crippen LogP) is 0.398. The number of halogens is 1. The Hall–Kier alpha value is 0.340. The smallest absolute Gasteiger partial charge is 0.271 e. The number of hydrogen-bond donors (Lipinski definition) is 2. The molecule has 0 aromatic heterocycles. The van der Waals surface area contributed by atoms with E-state index in [4.69, 9.17) is 5.84 Å². The second-order valence-electron chi connectivity index (χ2n) is 5.30. The molecule has 0 radical (unpaired) electrons. The second-order valence-corrected chi connectivity index (χ2v) is 9.64. The molecule has 3 nitrogen and oxygen atoms in total. The molecule has 3 N–H and O–H groups in total. The van der Waals surface area contributed by atoms with Crippen LogP contribution < -0.4 is 28.2 Å². The molecule has 0 saturated carbocycles. The van der Waals surface area contributed by atoms with Gasteiger partial charge in [-0.15, -0.1) is 0 Å². The summed E-state index contributed by atoms with van der Waals surface area (Å²) in [6.45, 7) is 6.70. The largest absolute Gasteiger partial charge is 1.00 e. The van der Waals surface area contributed by atoms with Gasteiger partial charge in [-0.25, -0.2) is 5.84 Å². The molecule has 0 rings (SSSR count). The van der Waals surface area contributed by atoms with Gasteiger partial charge in [-0.1, -0.05) is 40.0 Å². The van der Waals surface area contributed by atoms with Gasteiger partial charge in [-0.3, -0.25) is 10.2 Å². The molecule has 0 atom stereocenters. The number of carbonyl (C=O) groups excluding carboxylic acids is 1. The van der Waals surface area contributed by atoms with Gasteiger partial charge in [0.15, 0.2) is 0 Å². The van der Waals surface area contributed by atoms with Crippen LogP contribution in [0.3, 0.4) is 0 Å². The van der Waals surface area contributed by atoms with Crippen molar-refractivity contribution in [3.05, 3.63) is 0 Å². The molecule has 0 bridgehead atoms. The van der Waals surface area contributed by atoms with E-state index in [-0.39, 0.29) is 22.9 Å². The third-order valence-corrected chi connectivity index (χ3v) is 8.35. The number of hydrogen-bond acceptors (Lipinski definition) is 2. The van der Waals surface area contributed by atoms with E-state index in [0.29, 0.717) is 6.16 Å². The average Bonchev–Trinajstić information content (AvgIpc) is 2.40. The van der Waals surface area contributed by atoms with Gasteiger partial charge in [0, 0.05) is 7.26 Å². The van der Waals surface area contributed by atoms with E-state index in [1.807, 2.05) is 0 Å². The first kappa shape index (κ1) is 21.6. The zero-order valence-electron chi connectivity index (χ0n) is 12.9. The maximum absolute atomic E-state index is 11.7. The summed E-state index contributed by atoms with van der Waals surface area (Å²) in [4.78, 5) is 11.7. The summed E-state index contributed by atoms with van der Waals surface area (Å²) in [7, 11) is -1.11. The van der Waals surface area contributed by atoms with E-state index in [1.165, 1.54) is 57.0 Å². The lowest BCUT2D eigenvalue weighted by atomic mass is 10.4. The van der Waals surface area contributed by atoms with Crippen LogP contribution in [0.25, 0.3) is 0 Å². The fraction of sp³-hybridized carbons (Fsp3) is 0.929. The molecule has 5 heteroatoms. The van der Waals surface area contributed by atoms with Crippen molar-refractivity contribution in [2.24, 2.45) is 5.84 Å². The highest BCUT2D eigenvalue weighted by Gasteiger charge is 2.37. The van der Waals surface area contributed by atoms with E-state index < -0.39 is 7.26 Å². The Morgan fingerprint density at radius 3 is 1.58 bits per heavy atom. The van der Waals surface area contributed by atoms with Gasteiger partial charge in [0.05, 0.1) is 18.5 Å². The van der Waals surface area contributed by atoms with Gasteiger partial charge in [0.25, 0.3) is 5.91 Å². The Morgan fingerprint density at radius 2 is 1.32 bits per heavy atom. The standard InChI is InChI=1S/C14H31N2OP.BrH/c1-4-7-10-18(11-8-5-2,12-9-6-3)13-14(17)16-15;/h4-13,15H2,1-3H3;1H. The minimum Gasteiger partial charge on any atom is -1.00 e. The van der Waals surface area contributed by atoms with E-state index in [9.17, 15) is 4.79 Å². The number of unbranched alkanes of at least 4 members (excludes halogenated alkanes) is 3. The van der Waals surface area contributed by atoms with Crippen molar-refractivity contribution in [3.63, 3.8) is 0 Å². The molecule has 0 saturated heterocycles. The highest BCUT2D eigenvalue weighted by molar-refractivity contribution is 7.76. The molecule has 0 aliphatic rings. The summed E-state index contributed by atoms with van der Waals surface area (Å²) in [6.07, 6.45) is 12.0. The van der Waals surface area contributed by atoms with Crippen LogP contribution in [-0.4, -0.2) is 30.6 Å². The first-order valence-corrected chi connectivity index (χ1v) is 10.0. The van der Waals surface area contributed by atoms with Crippen LogP contribution in [0.2, 0.25) is 0 Å². The van der Waals surface area contributed by atoms with Crippen molar-refractivity contribution in [3.8, 4) is 0 Å². The average molecular weight is 355 g/mol. The summed E-state index contributed by atoms with van der Waals surface area (Å²) in [5, 5.41) is 0. The second kappa shape index (κ2) is 13.3. The van der Waals surface area contributed by atoms with Crippen LogP contribution in [0.5, 0.6) is 0 Å². The van der Waals surface area contributed by atoms with E-state index in [2.05, 4.69) is 26.2 Å². The molecule has 0 fully saturated rings. The first-order chi connectivity index (χ1) is 8.64. The lowest BCUT2D eigenvalue weighted by Gasteiger charge is -2.27. The van der Waals surface area contributed by atoms with Crippen LogP contribution in [0.4, 0.5) is 0 Å². The van der Waals surface area contributed by atoms with E-state index in [1.54, 1.807) is 0 Å². The number of nitrogens with two attached hydrogens (primary N) is 1. The molecule has 0 unspecified atom stereocenters. The Labute approximate surface area is 130 Å². The Kier molecular flexibility index (Phi) is 15.2. The van der Waals surface area contributed by atoms with Crippen LogP contribution in [-0.2, 0) is 4.79 Å². The maximum Gasteiger partial charge on any atom is 0.271 e. The molecular formula is C14H32BrN2OP. The summed E-state index contributed by atoms with van der Waals surface area (Å²) < 4.78 is 0. The summed E-state index contributed by atoms with van der Waals surface area (Å²) in [5.41, 5.74) is 2.34. The first-order valence-electron chi connectivity index (χ1n) is 7.48. The van der Waals surface area contributed by atoms with Crippen LogP contribution in [0.1, 0.15) is 59.3 Å². The number of amides is 1. The SMILES string of the molecule is CCCC[P+](CCCC)(CCCC)CC(=O)NN.[Br-]. The van der Waals surface area contributed by atoms with Gasteiger partial charge in [0.1, 0.15) is 6.16 Å². The fourth-order valence-corrected chi connectivity index (χ4v) is 7.21. The Morgan fingerprint density at radius 1 is 0.947 bits per heavy atom. The van der Waals surface area contributed by atoms with E-state index in [0.717, 1.165) is 0 Å². The van der Waals surface area contributed by atoms with Crippen molar-refractivity contribution >= 4 is 13.2 Å². The molecule has 19 heavy (non-hydrogen) atoms. The Balaban J connectivity index is 0. The number of nitrogens with one attached hydrogen (secondary N) is 1. The zero-order chi connectivity index (χ0) is 13.9. The van der Waals surface area contributed by atoms with Crippen LogP contribution in [0, 0.1) is 0 Å². The molecule has 0 heterocycles. The third kappa shape index (κ3) is 9.81. The van der Waals surface area contributed by atoms with Gasteiger partial charge in [-0.2, -0.15) is 0 Å². The quantitative estimate of drug-likeness (QED) is 0.244. The van der Waals surface area contributed by atoms with Crippen molar-refractivity contribution in [2.75, 3.05) is 24.6 Å². The van der Waals surface area contributed by atoms with Gasteiger partial charge in [-0.05, 0) is 19.3 Å². The monoisotopic (exact) mass is 354 g/mol. The van der Waals surface area contributed by atoms with Crippen LogP contribution in [0.15, 0.2) is 0 Å². The molecule has 116 valence electrons. The topological polar surface area (TPSA) is 55.1 Å². The maximum atomic E-state index is 11.7. The van der Waals surface area contributed by atoms with Crippen molar-refractivity contribution in [1.29, 1.82) is 0 Å². The molecule has 0 aromatic rings. The number of rotatable bonds is 11. The van der Waals surface area contributed by atoms with Gasteiger partial charge in [0.2, 0.25) is 0 Å². The minimum atomic E-state index is -1.11. The normalized spacial score (nSPS) is 10.9. The van der Waals surface area contributed by atoms with E-state index >= 15 is 0 Å². The third-order valence-electron chi connectivity index (χ3n) is 3.60. The zero-order valence-corrected chi connectivity index (χ0v) is 15.4. The van der Waals surface area contributed by atoms with Crippen molar-refractivity contribution in [2.45, 2.75) is 59.3 Å². The summed E-state index contributed by atoms with van der Waals surface area (Å²) in [5.74, 6) is 5.33. The highest BCUT2D eigenvalue weighted by atomic mass is 79.9. The van der Waals surface area contributed by atoms with Crippen molar-refractivity contribution < 1.29 is 21.8 Å². The Bertz CT molecular complexity index is 206. The molecular weight excluding hydrogens is 323 g/mol. The van der Waals surface area contributed by atoms with Crippen LogP contribution >= 0.6 is 7.26 Å². The molecule has 0 aromatic carbocycles. The molecule has 1 amide bonds. The fourth-order valence-electron chi connectivity index (χ4n) is 2.40. The number of hydrazine groups is 1. The highest BCUT2D eigenvalue weighted by Crippen LogP contribution is 2.60. The lowest BCUT2D eigenvalue weighted by Crippen LogP contribution is -3.00. The minimum absolute atomic E-state index is 0. The summed E-state index contributed by atoms with van der Waals surface area (Å²) >= 11 is 0. The molecule has 0 aliphatic heterocycles.